The topological polar surface area (TPSA) is 58.6 Å². The monoisotopic (exact) mass is 396 g/mol. The van der Waals surface area contributed by atoms with E-state index in [1.165, 1.54) is 0 Å². The van der Waals surface area contributed by atoms with Crippen molar-refractivity contribution in [1.82, 2.24) is 0 Å². The fraction of sp³-hybridized carbons (Fsp3) is 0.417. The highest BCUT2D eigenvalue weighted by Gasteiger charge is 2.19. The predicted octanol–water partition coefficient (Wildman–Crippen LogP) is 4.98. The Morgan fingerprint density at radius 2 is 1.59 bits per heavy atom. The Balaban J connectivity index is 2.06. The van der Waals surface area contributed by atoms with Crippen LogP contribution in [-0.2, 0) is 22.4 Å². The number of nitrogens with one attached hydrogen (secondary N) is 1. The van der Waals surface area contributed by atoms with Crippen LogP contribution in [0.25, 0.3) is 0 Å². The van der Waals surface area contributed by atoms with Gasteiger partial charge in [-0.3, -0.25) is 9.59 Å². The highest BCUT2D eigenvalue weighted by molar-refractivity contribution is 5.96. The second-order valence-electron chi connectivity index (χ2n) is 7.29. The number of hydrogen-bond donors (Lipinski definition) is 1. The summed E-state index contributed by atoms with van der Waals surface area (Å²) in [5.74, 6) is 0.591. The Kier molecular flexibility index (Phi) is 8.25. The van der Waals surface area contributed by atoms with Crippen LogP contribution in [0.5, 0.6) is 5.75 Å². The van der Waals surface area contributed by atoms with Crippen LogP contribution in [0.1, 0.15) is 52.2 Å². The molecule has 0 aromatic heterocycles. The summed E-state index contributed by atoms with van der Waals surface area (Å²) in [4.78, 5) is 26.6. The molecule has 0 radical (unpaired) electrons. The van der Waals surface area contributed by atoms with Crippen molar-refractivity contribution in [2.75, 3.05) is 16.8 Å². The van der Waals surface area contributed by atoms with Gasteiger partial charge in [-0.1, -0.05) is 32.0 Å². The molecule has 5 nitrogen and oxygen atoms in total. The Bertz CT molecular complexity index is 806. The lowest BCUT2D eigenvalue weighted by Gasteiger charge is -2.26. The zero-order chi connectivity index (χ0) is 21.4. The zero-order valence-electron chi connectivity index (χ0n) is 18.1. The van der Waals surface area contributed by atoms with Gasteiger partial charge in [-0.15, -0.1) is 0 Å². The van der Waals surface area contributed by atoms with Crippen LogP contribution < -0.4 is 15.0 Å². The van der Waals surface area contributed by atoms with Crippen molar-refractivity contribution in [2.45, 2.75) is 60.0 Å². The summed E-state index contributed by atoms with van der Waals surface area (Å²) >= 11 is 0. The molecule has 0 bridgehead atoms. The number of benzene rings is 2. The first-order valence-electron chi connectivity index (χ1n) is 10.3. The van der Waals surface area contributed by atoms with Gasteiger partial charge in [-0.25, -0.2) is 0 Å². The fourth-order valence-corrected chi connectivity index (χ4v) is 3.31. The van der Waals surface area contributed by atoms with E-state index in [9.17, 15) is 9.59 Å². The summed E-state index contributed by atoms with van der Waals surface area (Å²) in [6, 6.07) is 13.4. The zero-order valence-corrected chi connectivity index (χ0v) is 18.1. The van der Waals surface area contributed by atoms with Gasteiger partial charge in [0.2, 0.25) is 11.8 Å². The van der Waals surface area contributed by atoms with Crippen LogP contribution in [0, 0.1) is 0 Å². The first kappa shape index (κ1) is 22.5. The standard InChI is InChI=1S/C24H32N2O3/c1-6-19-9-8-10-20(7-2)24(19)26(18(5)27)16-15-23(28)25-21-11-13-22(14-12-21)29-17(3)4/h8-14,17H,6-7,15-16H2,1-5H3,(H,25,28). The molecule has 2 aromatic carbocycles. The van der Waals surface area contributed by atoms with Crippen molar-refractivity contribution >= 4 is 23.2 Å². The van der Waals surface area contributed by atoms with Gasteiger partial charge in [0.15, 0.2) is 0 Å². The fourth-order valence-electron chi connectivity index (χ4n) is 3.31. The molecule has 5 heteroatoms. The summed E-state index contributed by atoms with van der Waals surface area (Å²) in [5.41, 5.74) is 3.91. The van der Waals surface area contributed by atoms with Crippen molar-refractivity contribution in [3.05, 3.63) is 53.6 Å². The van der Waals surface area contributed by atoms with Crippen LogP contribution in [-0.4, -0.2) is 24.5 Å². The summed E-state index contributed by atoms with van der Waals surface area (Å²) in [6.45, 7) is 10.00. The van der Waals surface area contributed by atoms with E-state index in [4.69, 9.17) is 4.74 Å². The number of anilines is 2. The molecule has 0 aliphatic heterocycles. The van der Waals surface area contributed by atoms with Crippen molar-refractivity contribution in [3.63, 3.8) is 0 Å². The van der Waals surface area contributed by atoms with E-state index in [0.717, 1.165) is 35.4 Å². The minimum Gasteiger partial charge on any atom is -0.491 e. The Morgan fingerprint density at radius 1 is 1.00 bits per heavy atom. The lowest BCUT2D eigenvalue weighted by atomic mass is 10.0. The molecule has 0 saturated heterocycles. The largest absolute Gasteiger partial charge is 0.491 e. The van der Waals surface area contributed by atoms with Gasteiger partial charge < -0.3 is 15.0 Å². The average Bonchev–Trinajstić information content (AvgIpc) is 2.69. The molecular formula is C24H32N2O3. The molecule has 29 heavy (non-hydrogen) atoms. The molecular weight excluding hydrogens is 364 g/mol. The first-order chi connectivity index (χ1) is 13.8. The molecule has 0 aliphatic rings. The lowest BCUT2D eigenvalue weighted by molar-refractivity contribution is -0.117. The summed E-state index contributed by atoms with van der Waals surface area (Å²) in [5, 5.41) is 2.89. The van der Waals surface area contributed by atoms with E-state index in [0.29, 0.717) is 12.2 Å². The molecule has 0 fully saturated rings. The molecule has 0 unspecified atom stereocenters. The molecule has 0 atom stereocenters. The van der Waals surface area contributed by atoms with Crippen molar-refractivity contribution in [2.24, 2.45) is 0 Å². The van der Waals surface area contributed by atoms with E-state index in [2.05, 4.69) is 19.2 Å². The van der Waals surface area contributed by atoms with Gasteiger partial charge in [0, 0.05) is 31.3 Å². The second kappa shape index (κ2) is 10.6. The van der Waals surface area contributed by atoms with E-state index >= 15 is 0 Å². The van der Waals surface area contributed by atoms with Crippen LogP contribution in [0.15, 0.2) is 42.5 Å². The molecule has 2 amide bonds. The van der Waals surface area contributed by atoms with Gasteiger partial charge in [-0.2, -0.15) is 0 Å². The first-order valence-corrected chi connectivity index (χ1v) is 10.3. The number of hydrogen-bond acceptors (Lipinski definition) is 3. The maximum Gasteiger partial charge on any atom is 0.226 e. The van der Waals surface area contributed by atoms with Crippen molar-refractivity contribution in [1.29, 1.82) is 0 Å². The molecule has 0 aliphatic carbocycles. The third-order valence-corrected chi connectivity index (χ3v) is 4.69. The van der Waals surface area contributed by atoms with E-state index < -0.39 is 0 Å². The van der Waals surface area contributed by atoms with Crippen molar-refractivity contribution < 1.29 is 14.3 Å². The molecule has 1 N–H and O–H groups in total. The summed E-state index contributed by atoms with van der Waals surface area (Å²) in [6.07, 6.45) is 2.01. The Hall–Kier alpha value is -2.82. The Morgan fingerprint density at radius 3 is 2.07 bits per heavy atom. The number of ether oxygens (including phenoxy) is 1. The third-order valence-electron chi connectivity index (χ3n) is 4.69. The smallest absolute Gasteiger partial charge is 0.226 e. The van der Waals surface area contributed by atoms with Crippen molar-refractivity contribution in [3.8, 4) is 5.75 Å². The number of nitrogens with zero attached hydrogens (tertiary/aromatic N) is 1. The SMILES string of the molecule is CCc1cccc(CC)c1N(CCC(=O)Nc1ccc(OC(C)C)cc1)C(C)=O. The van der Waals surface area contributed by atoms with E-state index in [1.807, 2.05) is 56.3 Å². The number of carbonyl (C=O) groups excluding carboxylic acids is 2. The highest BCUT2D eigenvalue weighted by atomic mass is 16.5. The molecule has 0 saturated carbocycles. The van der Waals surface area contributed by atoms with Gasteiger partial charge in [-0.05, 0) is 62.1 Å². The maximum absolute atomic E-state index is 12.5. The maximum atomic E-state index is 12.5. The quantitative estimate of drug-likeness (QED) is 0.650. The molecule has 2 rings (SSSR count). The Labute approximate surface area is 174 Å². The number of aryl methyl sites for hydroxylation is 2. The van der Waals surface area contributed by atoms with Crippen LogP contribution in [0.2, 0.25) is 0 Å². The summed E-state index contributed by atoms with van der Waals surface area (Å²) < 4.78 is 5.62. The van der Waals surface area contributed by atoms with Gasteiger partial charge >= 0.3 is 0 Å². The number of para-hydroxylation sites is 1. The second-order valence-corrected chi connectivity index (χ2v) is 7.29. The average molecular weight is 397 g/mol. The van der Waals surface area contributed by atoms with Gasteiger partial charge in [0.1, 0.15) is 5.75 Å². The van der Waals surface area contributed by atoms with Gasteiger partial charge in [0.05, 0.1) is 6.10 Å². The van der Waals surface area contributed by atoms with E-state index in [-0.39, 0.29) is 24.3 Å². The van der Waals surface area contributed by atoms with Gasteiger partial charge in [0.25, 0.3) is 0 Å². The number of carbonyl (C=O) groups is 2. The van der Waals surface area contributed by atoms with Crippen LogP contribution in [0.3, 0.4) is 0 Å². The molecule has 0 heterocycles. The number of amides is 2. The third kappa shape index (κ3) is 6.34. The van der Waals surface area contributed by atoms with E-state index in [1.54, 1.807) is 11.8 Å². The minimum absolute atomic E-state index is 0.0522. The normalized spacial score (nSPS) is 10.7. The molecule has 0 spiro atoms. The molecule has 156 valence electrons. The summed E-state index contributed by atoms with van der Waals surface area (Å²) in [7, 11) is 0. The number of rotatable bonds is 9. The predicted molar refractivity (Wildman–Crippen MR) is 119 cm³/mol. The lowest BCUT2D eigenvalue weighted by Crippen LogP contribution is -2.33. The van der Waals surface area contributed by atoms with Crippen LogP contribution >= 0.6 is 0 Å². The molecule has 2 aromatic rings. The van der Waals surface area contributed by atoms with Crippen LogP contribution in [0.4, 0.5) is 11.4 Å². The highest BCUT2D eigenvalue weighted by Crippen LogP contribution is 2.27. The minimum atomic E-state index is -0.124.